The first-order chi connectivity index (χ1) is 16.7. The maximum absolute atomic E-state index is 6.23. The van der Waals surface area contributed by atoms with Gasteiger partial charge in [0.2, 0.25) is 0 Å². The Labute approximate surface area is 216 Å². The maximum atomic E-state index is 6.23. The molecule has 0 spiro atoms. The van der Waals surface area contributed by atoms with Crippen molar-refractivity contribution in [2.24, 2.45) is 0 Å². The third kappa shape index (κ3) is 5.73. The van der Waals surface area contributed by atoms with Gasteiger partial charge in [0, 0.05) is 31.9 Å². The van der Waals surface area contributed by atoms with E-state index >= 15 is 0 Å². The molecule has 1 atom stereocenters. The van der Waals surface area contributed by atoms with Gasteiger partial charge in [-0.25, -0.2) is 0 Å². The largest absolute Gasteiger partial charge is 0.490 e. The van der Waals surface area contributed by atoms with E-state index in [1.807, 2.05) is 0 Å². The zero-order chi connectivity index (χ0) is 23.2. The SMILES string of the molecule is IC1COc2ccc(N(Cc3ccccc3)Cc3ccccc3)cc2N(Cc2ccccc2)C1. The lowest BCUT2D eigenvalue weighted by Gasteiger charge is -2.29. The molecule has 172 valence electrons. The van der Waals surface area contributed by atoms with Gasteiger partial charge in [-0.1, -0.05) is 114 Å². The van der Waals surface area contributed by atoms with Gasteiger partial charge in [0.15, 0.2) is 0 Å². The van der Waals surface area contributed by atoms with Gasteiger partial charge >= 0.3 is 0 Å². The molecule has 3 nitrogen and oxygen atoms in total. The lowest BCUT2D eigenvalue weighted by Crippen LogP contribution is -2.29. The normalized spacial score (nSPS) is 15.2. The van der Waals surface area contributed by atoms with E-state index in [0.29, 0.717) is 3.92 Å². The summed E-state index contributed by atoms with van der Waals surface area (Å²) in [5.41, 5.74) is 6.30. The van der Waals surface area contributed by atoms with Crippen molar-refractivity contribution in [2.45, 2.75) is 23.6 Å². The molecule has 34 heavy (non-hydrogen) atoms. The number of nitrogens with zero attached hydrogens (tertiary/aromatic N) is 2. The fourth-order valence-corrected chi connectivity index (χ4v) is 5.10. The number of benzene rings is 4. The Kier molecular flexibility index (Phi) is 7.34. The summed E-state index contributed by atoms with van der Waals surface area (Å²) >= 11 is 2.51. The molecule has 5 rings (SSSR count). The van der Waals surface area contributed by atoms with Crippen molar-refractivity contribution in [1.82, 2.24) is 0 Å². The van der Waals surface area contributed by atoms with Crippen molar-refractivity contribution < 1.29 is 4.74 Å². The van der Waals surface area contributed by atoms with Crippen LogP contribution >= 0.6 is 22.6 Å². The second-order valence-corrected chi connectivity index (χ2v) is 10.5. The van der Waals surface area contributed by atoms with Crippen LogP contribution in [-0.4, -0.2) is 17.1 Å². The van der Waals surface area contributed by atoms with E-state index in [2.05, 4.69) is 142 Å². The molecule has 0 saturated carbocycles. The number of rotatable bonds is 7. The summed E-state index contributed by atoms with van der Waals surface area (Å²) in [7, 11) is 0. The van der Waals surface area contributed by atoms with Gasteiger partial charge in [-0.05, 0) is 34.9 Å². The van der Waals surface area contributed by atoms with Gasteiger partial charge in [0.1, 0.15) is 12.4 Å². The lowest BCUT2D eigenvalue weighted by molar-refractivity contribution is 0.331. The minimum atomic E-state index is 0.432. The molecule has 1 unspecified atom stereocenters. The first-order valence-electron chi connectivity index (χ1n) is 11.8. The summed E-state index contributed by atoms with van der Waals surface area (Å²) in [6, 6.07) is 38.8. The van der Waals surface area contributed by atoms with E-state index in [1.165, 1.54) is 28.1 Å². The highest BCUT2D eigenvalue weighted by atomic mass is 127. The summed E-state index contributed by atoms with van der Waals surface area (Å²) in [5, 5.41) is 0. The highest BCUT2D eigenvalue weighted by molar-refractivity contribution is 14.1. The van der Waals surface area contributed by atoms with Gasteiger partial charge in [-0.15, -0.1) is 0 Å². The summed E-state index contributed by atoms with van der Waals surface area (Å²) < 4.78 is 6.66. The molecule has 0 amide bonds. The third-order valence-electron chi connectivity index (χ3n) is 6.14. The average molecular weight is 560 g/mol. The molecule has 4 aromatic carbocycles. The number of ether oxygens (including phenoxy) is 1. The Morgan fingerprint density at radius 3 is 1.88 bits per heavy atom. The van der Waals surface area contributed by atoms with Crippen molar-refractivity contribution in [2.75, 3.05) is 23.0 Å². The van der Waals surface area contributed by atoms with E-state index in [1.54, 1.807) is 0 Å². The van der Waals surface area contributed by atoms with Crippen molar-refractivity contribution in [3.05, 3.63) is 126 Å². The monoisotopic (exact) mass is 560 g/mol. The van der Waals surface area contributed by atoms with E-state index in [-0.39, 0.29) is 0 Å². The van der Waals surface area contributed by atoms with Crippen LogP contribution in [-0.2, 0) is 19.6 Å². The number of hydrogen-bond acceptors (Lipinski definition) is 3. The minimum Gasteiger partial charge on any atom is -0.490 e. The van der Waals surface area contributed by atoms with Crippen LogP contribution in [0.2, 0.25) is 0 Å². The number of anilines is 2. The Balaban J connectivity index is 1.50. The Hall–Kier alpha value is -2.99. The predicted molar refractivity (Wildman–Crippen MR) is 150 cm³/mol. The molecule has 0 fully saturated rings. The summed E-state index contributed by atoms with van der Waals surface area (Å²) in [6.45, 7) is 4.27. The molecule has 4 heteroatoms. The molecule has 1 heterocycles. The standard InChI is InChI=1S/C30H29IN2O/c31-27-22-33(21-26-14-8-3-9-15-26)29-18-28(16-17-30(29)34-23-27)32(19-24-10-4-1-5-11-24)20-25-12-6-2-7-13-25/h1-18,27H,19-23H2. The minimum absolute atomic E-state index is 0.432. The molecular formula is C30H29IN2O. The van der Waals surface area contributed by atoms with Crippen LogP contribution in [0, 0.1) is 0 Å². The van der Waals surface area contributed by atoms with Gasteiger partial charge in [-0.3, -0.25) is 0 Å². The number of alkyl halides is 1. The van der Waals surface area contributed by atoms with Crippen molar-refractivity contribution in [3.63, 3.8) is 0 Å². The molecule has 0 radical (unpaired) electrons. The van der Waals surface area contributed by atoms with Gasteiger partial charge in [0.25, 0.3) is 0 Å². The maximum Gasteiger partial charge on any atom is 0.142 e. The molecule has 0 N–H and O–H groups in total. The summed E-state index contributed by atoms with van der Waals surface area (Å²) in [5.74, 6) is 0.971. The van der Waals surface area contributed by atoms with Gasteiger partial charge in [-0.2, -0.15) is 0 Å². The second-order valence-electron chi connectivity index (χ2n) is 8.75. The van der Waals surface area contributed by atoms with E-state index in [9.17, 15) is 0 Å². The van der Waals surface area contributed by atoms with Crippen molar-refractivity contribution in [1.29, 1.82) is 0 Å². The summed E-state index contributed by atoms with van der Waals surface area (Å²) in [4.78, 5) is 4.93. The van der Waals surface area contributed by atoms with Gasteiger partial charge < -0.3 is 14.5 Å². The van der Waals surface area contributed by atoms with Crippen LogP contribution < -0.4 is 14.5 Å². The highest BCUT2D eigenvalue weighted by Crippen LogP contribution is 2.37. The van der Waals surface area contributed by atoms with Crippen molar-refractivity contribution in [3.8, 4) is 5.75 Å². The molecule has 0 aliphatic carbocycles. The first kappa shape index (κ1) is 22.8. The van der Waals surface area contributed by atoms with Crippen LogP contribution in [0.5, 0.6) is 5.75 Å². The molecule has 1 aliphatic rings. The zero-order valence-corrected chi connectivity index (χ0v) is 21.3. The van der Waals surface area contributed by atoms with E-state index in [0.717, 1.165) is 38.5 Å². The predicted octanol–water partition coefficient (Wildman–Crippen LogP) is 7.10. The van der Waals surface area contributed by atoms with Crippen LogP contribution in [0.3, 0.4) is 0 Å². The van der Waals surface area contributed by atoms with Gasteiger partial charge in [0.05, 0.1) is 9.61 Å². The average Bonchev–Trinajstić information content (AvgIpc) is 3.03. The van der Waals surface area contributed by atoms with E-state index < -0.39 is 0 Å². The fourth-order valence-electron chi connectivity index (χ4n) is 4.44. The van der Waals surface area contributed by atoms with Crippen LogP contribution in [0.1, 0.15) is 16.7 Å². The van der Waals surface area contributed by atoms with Crippen LogP contribution in [0.15, 0.2) is 109 Å². The number of halogens is 1. The first-order valence-corrected chi connectivity index (χ1v) is 13.0. The molecule has 0 bridgehead atoms. The quantitative estimate of drug-likeness (QED) is 0.177. The summed E-state index contributed by atoms with van der Waals surface area (Å²) in [6.07, 6.45) is 0. The second kappa shape index (κ2) is 11.0. The highest BCUT2D eigenvalue weighted by Gasteiger charge is 2.23. The Morgan fingerprint density at radius 2 is 1.29 bits per heavy atom. The number of hydrogen-bond donors (Lipinski definition) is 0. The van der Waals surface area contributed by atoms with Crippen LogP contribution in [0.25, 0.3) is 0 Å². The fraction of sp³-hybridized carbons (Fsp3) is 0.200. The molecular weight excluding hydrogens is 531 g/mol. The number of fused-ring (bicyclic) bond motifs is 1. The molecule has 0 aromatic heterocycles. The van der Waals surface area contributed by atoms with E-state index in [4.69, 9.17) is 4.74 Å². The lowest BCUT2D eigenvalue weighted by atomic mass is 10.1. The smallest absolute Gasteiger partial charge is 0.142 e. The molecule has 0 saturated heterocycles. The third-order valence-corrected chi connectivity index (χ3v) is 6.89. The van der Waals surface area contributed by atoms with Crippen molar-refractivity contribution >= 4 is 34.0 Å². The van der Waals surface area contributed by atoms with Crippen LogP contribution in [0.4, 0.5) is 11.4 Å². The Morgan fingerprint density at radius 1 is 0.735 bits per heavy atom. The molecule has 4 aromatic rings. The zero-order valence-electron chi connectivity index (χ0n) is 19.2. The Bertz CT molecular complexity index is 1140. The topological polar surface area (TPSA) is 15.7 Å². The molecule has 1 aliphatic heterocycles.